The molecule has 0 bridgehead atoms. The summed E-state index contributed by atoms with van der Waals surface area (Å²) in [6, 6.07) is 2.85. The molecule has 2 aliphatic heterocycles. The first kappa shape index (κ1) is 14.0. The second-order valence-electron chi connectivity index (χ2n) is 5.35. The van der Waals surface area contributed by atoms with E-state index in [4.69, 9.17) is 10.00 Å². The van der Waals surface area contributed by atoms with E-state index in [1.165, 1.54) is 5.56 Å². The van der Waals surface area contributed by atoms with E-state index in [1.807, 2.05) is 0 Å². The summed E-state index contributed by atoms with van der Waals surface area (Å²) in [5, 5.41) is 15.6. The van der Waals surface area contributed by atoms with E-state index in [9.17, 15) is 0 Å². The molecule has 2 aliphatic rings. The summed E-state index contributed by atoms with van der Waals surface area (Å²) in [5.74, 6) is 0.975. The Hall–Kier alpha value is -1.91. The molecule has 0 amide bonds. The number of ether oxygens (including phenoxy) is 1. The highest BCUT2D eigenvalue weighted by Crippen LogP contribution is 2.26. The zero-order valence-electron chi connectivity index (χ0n) is 12.2. The third kappa shape index (κ3) is 2.91. The second kappa shape index (κ2) is 6.24. The largest absolute Gasteiger partial charge is 0.467 e. The van der Waals surface area contributed by atoms with E-state index in [2.05, 4.69) is 31.6 Å². The molecule has 21 heavy (non-hydrogen) atoms. The van der Waals surface area contributed by atoms with Crippen molar-refractivity contribution in [2.45, 2.75) is 25.4 Å². The van der Waals surface area contributed by atoms with Gasteiger partial charge in [-0.05, 0) is 13.0 Å². The third-order valence-electron chi connectivity index (χ3n) is 3.97. The van der Waals surface area contributed by atoms with E-state index < -0.39 is 0 Å². The summed E-state index contributed by atoms with van der Waals surface area (Å²) in [7, 11) is 1.60. The predicted molar refractivity (Wildman–Crippen MR) is 78.2 cm³/mol. The number of aromatic nitrogens is 2. The number of hydrogen-bond donors (Lipinski definition) is 2. The minimum absolute atomic E-state index is 0.196. The van der Waals surface area contributed by atoms with E-state index in [0.29, 0.717) is 12.4 Å². The molecule has 0 aromatic carbocycles. The lowest BCUT2D eigenvalue weighted by Gasteiger charge is -2.35. The van der Waals surface area contributed by atoms with Gasteiger partial charge in [0.2, 0.25) is 0 Å². The van der Waals surface area contributed by atoms with Crippen molar-refractivity contribution in [2.75, 3.05) is 38.2 Å². The lowest BCUT2D eigenvalue weighted by Crippen LogP contribution is -2.51. The Morgan fingerprint density at radius 1 is 1.43 bits per heavy atom. The monoisotopic (exact) mass is 288 g/mol. The van der Waals surface area contributed by atoms with Crippen LogP contribution in [-0.2, 0) is 13.0 Å². The first-order valence-electron chi connectivity index (χ1n) is 7.31. The Morgan fingerprint density at radius 3 is 3.14 bits per heavy atom. The van der Waals surface area contributed by atoms with Gasteiger partial charge in [-0.1, -0.05) is 0 Å². The fourth-order valence-corrected chi connectivity index (χ4v) is 2.94. The molecule has 0 spiro atoms. The summed E-state index contributed by atoms with van der Waals surface area (Å²) < 4.78 is 5.24. The van der Waals surface area contributed by atoms with Crippen LogP contribution in [0.2, 0.25) is 0 Å². The number of anilines is 1. The minimum atomic E-state index is 0.196. The summed E-state index contributed by atoms with van der Waals surface area (Å²) >= 11 is 0. The molecule has 2 N–H and O–H groups in total. The van der Waals surface area contributed by atoms with Crippen LogP contribution in [0.1, 0.15) is 17.7 Å². The van der Waals surface area contributed by atoms with Crippen LogP contribution < -0.4 is 20.3 Å². The van der Waals surface area contributed by atoms with Gasteiger partial charge in [0.15, 0.2) is 0 Å². The maximum atomic E-state index is 8.89. The van der Waals surface area contributed by atoms with E-state index in [1.54, 1.807) is 7.11 Å². The molecule has 1 aromatic heterocycles. The fourth-order valence-electron chi connectivity index (χ4n) is 2.94. The van der Waals surface area contributed by atoms with Crippen LogP contribution in [0.5, 0.6) is 6.01 Å². The lowest BCUT2D eigenvalue weighted by atomic mass is 10.1. The quantitative estimate of drug-likeness (QED) is 0.798. The van der Waals surface area contributed by atoms with Crippen molar-refractivity contribution in [3.63, 3.8) is 0 Å². The number of rotatable bonds is 3. The standard InChI is InChI=1S/C14H20N6O/c1-21-14-18-12-8-16-5-3-11(12)13(19-14)20-7-6-17-10(9-20)2-4-15/h10,16-17H,2-3,5-9H2,1H3. The Balaban J connectivity index is 1.91. The molecule has 7 nitrogen and oxygen atoms in total. The average molecular weight is 288 g/mol. The highest BCUT2D eigenvalue weighted by Gasteiger charge is 2.26. The Labute approximate surface area is 124 Å². The van der Waals surface area contributed by atoms with Gasteiger partial charge in [0, 0.05) is 37.8 Å². The zero-order valence-corrected chi connectivity index (χ0v) is 12.2. The number of fused-ring (bicyclic) bond motifs is 1. The number of nitrogens with zero attached hydrogens (tertiary/aromatic N) is 4. The Morgan fingerprint density at radius 2 is 2.33 bits per heavy atom. The molecule has 3 rings (SSSR count). The van der Waals surface area contributed by atoms with Crippen LogP contribution in [-0.4, -0.2) is 49.3 Å². The van der Waals surface area contributed by atoms with Crippen molar-refractivity contribution in [1.82, 2.24) is 20.6 Å². The van der Waals surface area contributed by atoms with Gasteiger partial charge in [-0.2, -0.15) is 15.2 Å². The Kier molecular flexibility index (Phi) is 4.18. The average Bonchev–Trinajstić information content (AvgIpc) is 2.54. The molecule has 7 heteroatoms. The van der Waals surface area contributed by atoms with Crippen LogP contribution in [0.4, 0.5) is 5.82 Å². The van der Waals surface area contributed by atoms with Crippen LogP contribution in [0.15, 0.2) is 0 Å². The van der Waals surface area contributed by atoms with Gasteiger partial charge < -0.3 is 20.3 Å². The van der Waals surface area contributed by atoms with Gasteiger partial charge in [0.1, 0.15) is 5.82 Å². The van der Waals surface area contributed by atoms with Crippen molar-refractivity contribution in [1.29, 1.82) is 5.26 Å². The van der Waals surface area contributed by atoms with Crippen LogP contribution >= 0.6 is 0 Å². The molecule has 0 saturated carbocycles. The van der Waals surface area contributed by atoms with Gasteiger partial charge in [-0.3, -0.25) is 0 Å². The van der Waals surface area contributed by atoms with Gasteiger partial charge in [0.25, 0.3) is 0 Å². The van der Waals surface area contributed by atoms with Crippen LogP contribution in [0, 0.1) is 11.3 Å². The molecule has 0 radical (unpaired) electrons. The van der Waals surface area contributed by atoms with E-state index in [0.717, 1.165) is 50.7 Å². The highest BCUT2D eigenvalue weighted by molar-refractivity contribution is 5.51. The van der Waals surface area contributed by atoms with Crippen molar-refractivity contribution in [3.05, 3.63) is 11.3 Å². The smallest absolute Gasteiger partial charge is 0.318 e. The molecule has 1 fully saturated rings. The predicted octanol–water partition coefficient (Wildman–Crippen LogP) is -0.177. The number of methoxy groups -OCH3 is 1. The van der Waals surface area contributed by atoms with Gasteiger partial charge >= 0.3 is 6.01 Å². The highest BCUT2D eigenvalue weighted by atomic mass is 16.5. The van der Waals surface area contributed by atoms with Gasteiger partial charge in [-0.15, -0.1) is 0 Å². The fraction of sp³-hybridized carbons (Fsp3) is 0.643. The molecule has 1 aromatic rings. The minimum Gasteiger partial charge on any atom is -0.467 e. The van der Waals surface area contributed by atoms with E-state index >= 15 is 0 Å². The maximum absolute atomic E-state index is 8.89. The number of nitrogens with one attached hydrogen (secondary N) is 2. The molecule has 0 aliphatic carbocycles. The zero-order chi connectivity index (χ0) is 14.7. The van der Waals surface area contributed by atoms with Crippen molar-refractivity contribution in [2.24, 2.45) is 0 Å². The van der Waals surface area contributed by atoms with Crippen molar-refractivity contribution >= 4 is 5.82 Å². The summed E-state index contributed by atoms with van der Waals surface area (Å²) in [6.07, 6.45) is 1.45. The Bertz CT molecular complexity index is 555. The lowest BCUT2D eigenvalue weighted by molar-refractivity contribution is 0.374. The van der Waals surface area contributed by atoms with Crippen LogP contribution in [0.3, 0.4) is 0 Å². The number of piperazine rings is 1. The topological polar surface area (TPSA) is 86.1 Å². The van der Waals surface area contributed by atoms with Crippen molar-refractivity contribution in [3.8, 4) is 12.1 Å². The molecule has 1 saturated heterocycles. The molecular weight excluding hydrogens is 268 g/mol. The van der Waals surface area contributed by atoms with Gasteiger partial charge in [0.05, 0.1) is 25.3 Å². The first-order chi connectivity index (χ1) is 10.3. The SMILES string of the molecule is COc1nc2c(c(N3CCNC(CC#N)C3)n1)CCNC2. The molecule has 1 unspecified atom stereocenters. The molecule has 3 heterocycles. The second-order valence-corrected chi connectivity index (χ2v) is 5.35. The van der Waals surface area contributed by atoms with Crippen molar-refractivity contribution < 1.29 is 4.74 Å². The molecule has 1 atom stereocenters. The van der Waals surface area contributed by atoms with E-state index in [-0.39, 0.29) is 6.04 Å². The summed E-state index contributed by atoms with van der Waals surface area (Å²) in [5.41, 5.74) is 2.24. The molecule has 112 valence electrons. The number of hydrogen-bond acceptors (Lipinski definition) is 7. The number of nitriles is 1. The normalized spacial score (nSPS) is 21.5. The summed E-state index contributed by atoms with van der Waals surface area (Å²) in [4.78, 5) is 11.3. The van der Waals surface area contributed by atoms with Crippen LogP contribution in [0.25, 0.3) is 0 Å². The maximum Gasteiger partial charge on any atom is 0.318 e. The third-order valence-corrected chi connectivity index (χ3v) is 3.97. The summed E-state index contributed by atoms with van der Waals surface area (Å²) in [6.45, 7) is 4.26. The van der Waals surface area contributed by atoms with Gasteiger partial charge in [-0.25, -0.2) is 0 Å². The first-order valence-corrected chi connectivity index (χ1v) is 7.31. The molecular formula is C14H20N6O.